The molecule has 0 radical (unpaired) electrons. The number of rotatable bonds is 3. The standard InChI is InChI=1S/C14H16N4O3/c19-14(17-6-8-20-9-7-17)21-11-18-10-13(15-16-18)12-4-2-1-3-5-12/h1-5,10H,6-9,11H2. The summed E-state index contributed by atoms with van der Waals surface area (Å²) in [6, 6.07) is 9.72. The molecular weight excluding hydrogens is 272 g/mol. The lowest BCUT2D eigenvalue weighted by Gasteiger charge is -2.25. The van der Waals surface area contributed by atoms with Gasteiger partial charge in [0.15, 0.2) is 6.73 Å². The predicted molar refractivity (Wildman–Crippen MR) is 74.3 cm³/mol. The maximum Gasteiger partial charge on any atom is 0.411 e. The smallest absolute Gasteiger partial charge is 0.411 e. The average molecular weight is 288 g/mol. The number of hydrogen-bond acceptors (Lipinski definition) is 5. The predicted octanol–water partition coefficient (Wildman–Crippen LogP) is 1.37. The van der Waals surface area contributed by atoms with E-state index in [1.54, 1.807) is 11.1 Å². The minimum absolute atomic E-state index is 0.0516. The second kappa shape index (κ2) is 6.36. The minimum atomic E-state index is -0.352. The van der Waals surface area contributed by atoms with Crippen molar-refractivity contribution in [3.63, 3.8) is 0 Å². The highest BCUT2D eigenvalue weighted by atomic mass is 16.6. The minimum Gasteiger partial charge on any atom is -0.426 e. The molecule has 0 aliphatic carbocycles. The molecule has 1 aliphatic rings. The summed E-state index contributed by atoms with van der Waals surface area (Å²) < 4.78 is 11.9. The maximum atomic E-state index is 11.8. The van der Waals surface area contributed by atoms with Crippen LogP contribution in [0.3, 0.4) is 0 Å². The summed E-state index contributed by atoms with van der Waals surface area (Å²) in [7, 11) is 0. The third-order valence-corrected chi connectivity index (χ3v) is 3.20. The van der Waals surface area contributed by atoms with Gasteiger partial charge < -0.3 is 14.4 Å². The second-order valence-corrected chi connectivity index (χ2v) is 4.65. The van der Waals surface area contributed by atoms with E-state index in [2.05, 4.69) is 10.3 Å². The lowest BCUT2D eigenvalue weighted by atomic mass is 10.2. The third-order valence-electron chi connectivity index (χ3n) is 3.20. The first-order chi connectivity index (χ1) is 10.3. The fourth-order valence-corrected chi connectivity index (χ4v) is 2.06. The Bertz CT molecular complexity index is 593. The lowest BCUT2D eigenvalue weighted by Crippen LogP contribution is -2.41. The van der Waals surface area contributed by atoms with Gasteiger partial charge in [-0.2, -0.15) is 0 Å². The summed E-state index contributed by atoms with van der Waals surface area (Å²) >= 11 is 0. The summed E-state index contributed by atoms with van der Waals surface area (Å²) in [5.41, 5.74) is 1.72. The molecule has 2 aromatic rings. The highest BCUT2D eigenvalue weighted by Gasteiger charge is 2.18. The van der Waals surface area contributed by atoms with E-state index in [9.17, 15) is 4.79 Å². The fraction of sp³-hybridized carbons (Fsp3) is 0.357. The number of amides is 1. The van der Waals surface area contributed by atoms with Gasteiger partial charge in [-0.15, -0.1) is 5.10 Å². The van der Waals surface area contributed by atoms with Gasteiger partial charge in [-0.25, -0.2) is 9.48 Å². The van der Waals surface area contributed by atoms with E-state index < -0.39 is 0 Å². The normalized spacial score (nSPS) is 15.0. The Morgan fingerprint density at radius 1 is 1.24 bits per heavy atom. The van der Waals surface area contributed by atoms with Crippen molar-refractivity contribution in [1.29, 1.82) is 0 Å². The Balaban J connectivity index is 1.56. The highest BCUT2D eigenvalue weighted by Crippen LogP contribution is 2.14. The van der Waals surface area contributed by atoms with Crippen LogP contribution in [0.5, 0.6) is 0 Å². The average Bonchev–Trinajstić information content (AvgIpc) is 3.03. The molecule has 1 aliphatic heterocycles. The van der Waals surface area contributed by atoms with Gasteiger partial charge in [0.05, 0.1) is 19.4 Å². The van der Waals surface area contributed by atoms with Gasteiger partial charge >= 0.3 is 6.09 Å². The molecule has 2 heterocycles. The lowest BCUT2D eigenvalue weighted by molar-refractivity contribution is 0.0160. The first kappa shape index (κ1) is 13.6. The van der Waals surface area contributed by atoms with E-state index in [-0.39, 0.29) is 12.8 Å². The summed E-state index contributed by atoms with van der Waals surface area (Å²) in [5.74, 6) is 0. The molecule has 0 bridgehead atoms. The van der Waals surface area contributed by atoms with Crippen LogP contribution in [0.15, 0.2) is 36.5 Å². The van der Waals surface area contributed by atoms with Gasteiger partial charge in [-0.3, -0.25) is 0 Å². The molecule has 21 heavy (non-hydrogen) atoms. The van der Waals surface area contributed by atoms with Gasteiger partial charge in [-0.1, -0.05) is 35.5 Å². The van der Waals surface area contributed by atoms with E-state index in [4.69, 9.17) is 9.47 Å². The number of morpholine rings is 1. The van der Waals surface area contributed by atoms with E-state index in [1.807, 2.05) is 30.3 Å². The number of ether oxygens (including phenoxy) is 2. The zero-order valence-electron chi connectivity index (χ0n) is 11.5. The number of nitrogens with zero attached hydrogens (tertiary/aromatic N) is 4. The first-order valence-electron chi connectivity index (χ1n) is 6.78. The van der Waals surface area contributed by atoms with Crippen LogP contribution in [0, 0.1) is 0 Å². The van der Waals surface area contributed by atoms with Gasteiger partial charge in [0.25, 0.3) is 0 Å². The summed E-state index contributed by atoms with van der Waals surface area (Å²) in [6.45, 7) is 2.28. The molecule has 0 unspecified atom stereocenters. The Labute approximate surface area is 122 Å². The van der Waals surface area contributed by atoms with Gasteiger partial charge in [0, 0.05) is 18.7 Å². The number of benzene rings is 1. The summed E-state index contributed by atoms with van der Waals surface area (Å²) in [6.07, 6.45) is 1.40. The van der Waals surface area contributed by atoms with Crippen LogP contribution < -0.4 is 0 Å². The Kier molecular flexibility index (Phi) is 4.11. The Morgan fingerprint density at radius 2 is 2.00 bits per heavy atom. The number of carbonyl (C=O) groups excluding carboxylic acids is 1. The quantitative estimate of drug-likeness (QED) is 0.853. The van der Waals surface area contributed by atoms with Crippen molar-refractivity contribution < 1.29 is 14.3 Å². The van der Waals surface area contributed by atoms with Crippen molar-refractivity contribution in [2.24, 2.45) is 0 Å². The summed E-state index contributed by atoms with van der Waals surface area (Å²) in [4.78, 5) is 13.5. The van der Waals surface area contributed by atoms with Gasteiger partial charge in [0.2, 0.25) is 0 Å². The fourth-order valence-electron chi connectivity index (χ4n) is 2.06. The topological polar surface area (TPSA) is 69.5 Å². The largest absolute Gasteiger partial charge is 0.426 e. The maximum absolute atomic E-state index is 11.8. The van der Waals surface area contributed by atoms with E-state index in [0.717, 1.165) is 11.3 Å². The van der Waals surface area contributed by atoms with Crippen LogP contribution in [0.25, 0.3) is 11.3 Å². The molecule has 1 aromatic heterocycles. The third kappa shape index (κ3) is 3.38. The van der Waals surface area contributed by atoms with Crippen LogP contribution in [0.2, 0.25) is 0 Å². The van der Waals surface area contributed by atoms with Crippen LogP contribution in [-0.2, 0) is 16.2 Å². The van der Waals surface area contributed by atoms with Crippen molar-refractivity contribution in [1.82, 2.24) is 19.9 Å². The molecule has 1 amide bonds. The molecule has 3 rings (SSSR count). The number of hydrogen-bond donors (Lipinski definition) is 0. The molecule has 110 valence electrons. The van der Waals surface area contributed by atoms with Crippen molar-refractivity contribution >= 4 is 6.09 Å². The molecule has 0 saturated carbocycles. The highest BCUT2D eigenvalue weighted by molar-refractivity contribution is 5.67. The van der Waals surface area contributed by atoms with Crippen molar-refractivity contribution in [2.75, 3.05) is 26.3 Å². The Morgan fingerprint density at radius 3 is 2.76 bits per heavy atom. The van der Waals surface area contributed by atoms with Gasteiger partial charge in [0.1, 0.15) is 5.69 Å². The van der Waals surface area contributed by atoms with Crippen molar-refractivity contribution in [2.45, 2.75) is 6.73 Å². The van der Waals surface area contributed by atoms with Crippen LogP contribution in [-0.4, -0.2) is 52.3 Å². The van der Waals surface area contributed by atoms with Crippen LogP contribution >= 0.6 is 0 Å². The molecule has 0 atom stereocenters. The monoisotopic (exact) mass is 288 g/mol. The first-order valence-corrected chi connectivity index (χ1v) is 6.78. The molecule has 1 saturated heterocycles. The SMILES string of the molecule is O=C(OCn1cc(-c2ccccc2)nn1)N1CCOCC1. The molecule has 0 spiro atoms. The number of aromatic nitrogens is 3. The van der Waals surface area contributed by atoms with E-state index in [0.29, 0.717) is 26.3 Å². The van der Waals surface area contributed by atoms with E-state index >= 15 is 0 Å². The molecule has 1 fully saturated rings. The van der Waals surface area contributed by atoms with Crippen molar-refractivity contribution in [3.8, 4) is 11.3 Å². The molecular formula is C14H16N4O3. The zero-order valence-corrected chi connectivity index (χ0v) is 11.5. The van der Waals surface area contributed by atoms with Gasteiger partial charge in [-0.05, 0) is 0 Å². The summed E-state index contributed by atoms with van der Waals surface area (Å²) in [5, 5.41) is 8.02. The molecule has 0 N–H and O–H groups in total. The molecule has 1 aromatic carbocycles. The van der Waals surface area contributed by atoms with Crippen molar-refractivity contribution in [3.05, 3.63) is 36.5 Å². The second-order valence-electron chi connectivity index (χ2n) is 4.65. The molecule has 7 heteroatoms. The van der Waals surface area contributed by atoms with Crippen LogP contribution in [0.1, 0.15) is 0 Å². The number of carbonyl (C=O) groups is 1. The van der Waals surface area contributed by atoms with Crippen LogP contribution in [0.4, 0.5) is 4.79 Å². The van der Waals surface area contributed by atoms with E-state index in [1.165, 1.54) is 4.68 Å². The zero-order chi connectivity index (χ0) is 14.5. The molecule has 7 nitrogen and oxygen atoms in total. The Hall–Kier alpha value is -2.41.